The maximum Gasteiger partial charge on any atom is 0.0977 e. The minimum absolute atomic E-state index is 0.192. The molecule has 1 fully saturated rings. The van der Waals surface area contributed by atoms with E-state index in [4.69, 9.17) is 0 Å². The molecule has 0 aromatic heterocycles. The van der Waals surface area contributed by atoms with Crippen molar-refractivity contribution in [1.29, 1.82) is 0 Å². The summed E-state index contributed by atoms with van der Waals surface area (Å²) in [7, 11) is 0. The van der Waals surface area contributed by atoms with Crippen molar-refractivity contribution in [2.24, 2.45) is 10.6 Å². The maximum absolute atomic E-state index is 11.8. The van der Waals surface area contributed by atoms with Gasteiger partial charge < -0.3 is 0 Å². The highest BCUT2D eigenvalue weighted by atomic mass is 16.3. The van der Waals surface area contributed by atoms with E-state index in [1.807, 2.05) is 67.6 Å². The zero-order valence-corrected chi connectivity index (χ0v) is 13.5. The van der Waals surface area contributed by atoms with E-state index in [0.717, 1.165) is 11.1 Å². The fraction of sp³-hybridized carbons (Fsp3) is 0.333. The van der Waals surface area contributed by atoms with Crippen molar-refractivity contribution in [1.82, 2.24) is 10.0 Å². The van der Waals surface area contributed by atoms with Crippen LogP contribution in [-0.4, -0.2) is 22.6 Å². The highest BCUT2D eigenvalue weighted by molar-refractivity contribution is 5.24. The van der Waals surface area contributed by atoms with Crippen LogP contribution in [0, 0.1) is 9.81 Å². The van der Waals surface area contributed by atoms with Gasteiger partial charge in [0.25, 0.3) is 0 Å². The predicted octanol–water partition coefficient (Wildman–Crippen LogP) is 4.23. The molecular weight excluding hydrogens is 304 g/mol. The molecule has 0 bridgehead atoms. The molecule has 0 aliphatic carbocycles. The van der Waals surface area contributed by atoms with Gasteiger partial charge in [0.2, 0.25) is 0 Å². The zero-order valence-electron chi connectivity index (χ0n) is 13.5. The lowest BCUT2D eigenvalue weighted by molar-refractivity contribution is 0.0962. The first kappa shape index (κ1) is 16.1. The average Bonchev–Trinajstić information content (AvgIpc) is 2.79. The summed E-state index contributed by atoms with van der Waals surface area (Å²) in [6, 6.07) is 18.7. The summed E-state index contributed by atoms with van der Waals surface area (Å²) in [4.78, 5) is 23.1. The lowest BCUT2D eigenvalue weighted by atomic mass is 9.97. The second kappa shape index (κ2) is 7.21. The fourth-order valence-electron chi connectivity index (χ4n) is 3.47. The summed E-state index contributed by atoms with van der Waals surface area (Å²) in [6.07, 6.45) is 0.606. The van der Waals surface area contributed by atoms with Gasteiger partial charge in [0.15, 0.2) is 0 Å². The molecule has 2 aromatic rings. The van der Waals surface area contributed by atoms with Crippen LogP contribution >= 0.6 is 0 Å². The Labute approximate surface area is 141 Å². The van der Waals surface area contributed by atoms with Crippen LogP contribution in [0.4, 0.5) is 0 Å². The molecule has 0 amide bonds. The van der Waals surface area contributed by atoms with Gasteiger partial charge in [0.05, 0.1) is 28.7 Å². The molecule has 6 heteroatoms. The number of nitroso groups, excluding NO2 is 2. The quantitative estimate of drug-likeness (QED) is 0.790. The number of rotatable bonds is 4. The van der Waals surface area contributed by atoms with E-state index in [1.165, 1.54) is 5.01 Å². The summed E-state index contributed by atoms with van der Waals surface area (Å²) < 4.78 is 0. The first-order valence-electron chi connectivity index (χ1n) is 8.07. The zero-order chi connectivity index (χ0) is 16.9. The summed E-state index contributed by atoms with van der Waals surface area (Å²) in [5.41, 5.74) is 1.96. The van der Waals surface area contributed by atoms with Crippen LogP contribution < -0.4 is 0 Å². The molecule has 124 valence electrons. The molecule has 1 aliphatic heterocycles. The Kier molecular flexibility index (Phi) is 4.84. The molecule has 3 rings (SSSR count). The van der Waals surface area contributed by atoms with Gasteiger partial charge in [-0.05, 0) is 24.5 Å². The Bertz CT molecular complexity index is 680. The molecule has 2 aromatic carbocycles. The van der Waals surface area contributed by atoms with Gasteiger partial charge in [0.1, 0.15) is 0 Å². The Morgan fingerprint density at radius 1 is 0.875 bits per heavy atom. The van der Waals surface area contributed by atoms with Crippen molar-refractivity contribution in [3.8, 4) is 0 Å². The molecule has 24 heavy (non-hydrogen) atoms. The molecular formula is C18H20N4O2. The fourth-order valence-corrected chi connectivity index (χ4v) is 3.47. The molecule has 0 spiro atoms. The number of benzene rings is 2. The van der Waals surface area contributed by atoms with Crippen molar-refractivity contribution < 1.29 is 0 Å². The topological polar surface area (TPSA) is 65.3 Å². The van der Waals surface area contributed by atoms with Crippen LogP contribution in [-0.2, 0) is 0 Å². The molecule has 1 aliphatic rings. The Morgan fingerprint density at radius 2 is 1.46 bits per heavy atom. The van der Waals surface area contributed by atoms with E-state index in [-0.39, 0.29) is 18.1 Å². The minimum atomic E-state index is -0.339. The van der Waals surface area contributed by atoms with Crippen LogP contribution in [0.3, 0.4) is 0 Å². The minimum Gasteiger partial charge on any atom is -0.256 e. The molecule has 1 heterocycles. The predicted molar refractivity (Wildman–Crippen MR) is 92.6 cm³/mol. The van der Waals surface area contributed by atoms with Crippen molar-refractivity contribution in [2.45, 2.75) is 31.5 Å². The molecule has 0 radical (unpaired) electrons. The van der Waals surface area contributed by atoms with Crippen molar-refractivity contribution in [3.05, 3.63) is 81.6 Å². The second-order valence-electron chi connectivity index (χ2n) is 6.02. The molecule has 3 unspecified atom stereocenters. The lowest BCUT2D eigenvalue weighted by Crippen LogP contribution is -2.38. The number of nitrogens with zero attached hydrogens (tertiary/aromatic N) is 4. The number of hydrogen-bond acceptors (Lipinski definition) is 4. The molecule has 0 saturated carbocycles. The first-order chi connectivity index (χ1) is 11.8. The van der Waals surface area contributed by atoms with Crippen LogP contribution in [0.25, 0.3) is 0 Å². The molecule has 1 saturated heterocycles. The number of hydrogen-bond donors (Lipinski definition) is 0. The summed E-state index contributed by atoms with van der Waals surface area (Å²) in [5, 5.41) is 9.63. The molecule has 6 nitrogen and oxygen atoms in total. The summed E-state index contributed by atoms with van der Waals surface area (Å²) >= 11 is 0. The van der Waals surface area contributed by atoms with Gasteiger partial charge in [-0.1, -0.05) is 60.7 Å². The van der Waals surface area contributed by atoms with E-state index in [2.05, 4.69) is 10.6 Å². The van der Waals surface area contributed by atoms with E-state index >= 15 is 0 Å². The monoisotopic (exact) mass is 324 g/mol. The van der Waals surface area contributed by atoms with Gasteiger partial charge in [-0.2, -0.15) is 0 Å². The second-order valence-corrected chi connectivity index (χ2v) is 6.02. The third-order valence-electron chi connectivity index (χ3n) is 4.69. The van der Waals surface area contributed by atoms with Crippen molar-refractivity contribution in [2.75, 3.05) is 6.54 Å². The normalized spacial score (nSPS) is 24.3. The third kappa shape index (κ3) is 2.99. The van der Waals surface area contributed by atoms with Crippen molar-refractivity contribution >= 4 is 0 Å². The van der Waals surface area contributed by atoms with Gasteiger partial charge in [-0.15, -0.1) is 9.81 Å². The van der Waals surface area contributed by atoms with Crippen LogP contribution in [0.5, 0.6) is 0 Å². The highest BCUT2D eigenvalue weighted by Gasteiger charge is 2.39. The van der Waals surface area contributed by atoms with Gasteiger partial charge in [0, 0.05) is 6.54 Å². The molecule has 0 N–H and O–H groups in total. The average molecular weight is 324 g/mol. The van der Waals surface area contributed by atoms with E-state index in [0.29, 0.717) is 13.0 Å². The maximum atomic E-state index is 11.8. The van der Waals surface area contributed by atoms with E-state index < -0.39 is 0 Å². The Balaban J connectivity index is 2.07. The van der Waals surface area contributed by atoms with Crippen molar-refractivity contribution in [3.63, 3.8) is 0 Å². The standard InChI is InChI=1S/C18H20N4O2/c1-14-18(16-10-6-3-7-11-16)22(20-24)17(12-13-21(14)19-23)15-8-4-2-5-9-15/h2-11,14,17-18H,12-13H2,1H3. The third-order valence-corrected chi connectivity index (χ3v) is 4.69. The smallest absolute Gasteiger partial charge is 0.0977 e. The SMILES string of the molecule is CC1C(c2ccccc2)N(N=O)C(c2ccccc2)CCN1N=O. The van der Waals surface area contributed by atoms with Gasteiger partial charge in [-0.25, -0.2) is 5.01 Å². The largest absolute Gasteiger partial charge is 0.256 e. The van der Waals surface area contributed by atoms with Crippen LogP contribution in [0.2, 0.25) is 0 Å². The highest BCUT2D eigenvalue weighted by Crippen LogP contribution is 2.39. The van der Waals surface area contributed by atoms with E-state index in [9.17, 15) is 9.81 Å². The van der Waals surface area contributed by atoms with Gasteiger partial charge >= 0.3 is 0 Å². The van der Waals surface area contributed by atoms with Crippen LogP contribution in [0.15, 0.2) is 71.2 Å². The summed E-state index contributed by atoms with van der Waals surface area (Å²) in [6.45, 7) is 2.39. The lowest BCUT2D eigenvalue weighted by Gasteiger charge is -2.35. The van der Waals surface area contributed by atoms with Crippen LogP contribution in [0.1, 0.15) is 36.6 Å². The first-order valence-corrected chi connectivity index (χ1v) is 8.07. The summed E-state index contributed by atoms with van der Waals surface area (Å²) in [5.74, 6) is 0. The Hall–Kier alpha value is -2.76. The van der Waals surface area contributed by atoms with Gasteiger partial charge in [-0.3, -0.25) is 5.01 Å². The van der Waals surface area contributed by atoms with E-state index in [1.54, 1.807) is 5.01 Å². The Morgan fingerprint density at radius 3 is 2.00 bits per heavy atom. The molecule has 3 atom stereocenters.